The summed E-state index contributed by atoms with van der Waals surface area (Å²) in [5, 5.41) is 10.1. The fourth-order valence-electron chi connectivity index (χ4n) is 3.61. The molecule has 0 unspecified atom stereocenters. The summed E-state index contributed by atoms with van der Waals surface area (Å²) in [4.78, 5) is 14.6. The van der Waals surface area contributed by atoms with Gasteiger partial charge in [0.15, 0.2) is 5.82 Å². The van der Waals surface area contributed by atoms with Gasteiger partial charge in [0, 0.05) is 31.2 Å². The van der Waals surface area contributed by atoms with E-state index in [-0.39, 0.29) is 23.9 Å². The van der Waals surface area contributed by atoms with Crippen molar-refractivity contribution in [3.05, 3.63) is 11.8 Å². The van der Waals surface area contributed by atoms with Gasteiger partial charge in [0.25, 0.3) is 0 Å². The minimum atomic E-state index is -0.00449. The van der Waals surface area contributed by atoms with Crippen molar-refractivity contribution < 1.29 is 9.32 Å². The Hall–Kier alpha value is -1.11. The summed E-state index contributed by atoms with van der Waals surface area (Å²) >= 11 is 0. The van der Waals surface area contributed by atoms with Crippen LogP contribution in [0.4, 0.5) is 5.82 Å². The minimum Gasteiger partial charge on any atom is -0.360 e. The molecule has 124 valence electrons. The van der Waals surface area contributed by atoms with Crippen LogP contribution in [-0.2, 0) is 4.79 Å². The van der Waals surface area contributed by atoms with Crippen LogP contribution in [-0.4, -0.2) is 47.7 Å². The lowest BCUT2D eigenvalue weighted by atomic mass is 9.79. The first kappa shape index (κ1) is 17.2. The van der Waals surface area contributed by atoms with Crippen LogP contribution in [0.15, 0.2) is 10.6 Å². The molecule has 1 saturated carbocycles. The van der Waals surface area contributed by atoms with Gasteiger partial charge >= 0.3 is 0 Å². The smallest absolute Gasteiger partial charge is 0.239 e. The number of hydrogen-bond donors (Lipinski definition) is 2. The summed E-state index contributed by atoms with van der Waals surface area (Å²) in [6.07, 6.45) is 6.23. The second-order valence-electron chi connectivity index (χ2n) is 6.25. The van der Waals surface area contributed by atoms with Gasteiger partial charge in [-0.3, -0.25) is 9.69 Å². The van der Waals surface area contributed by atoms with E-state index in [9.17, 15) is 4.79 Å². The Morgan fingerprint density at radius 3 is 2.91 bits per heavy atom. The van der Waals surface area contributed by atoms with E-state index in [0.717, 1.165) is 19.6 Å². The highest BCUT2D eigenvalue weighted by Crippen LogP contribution is 2.34. The first-order valence-corrected chi connectivity index (χ1v) is 7.87. The van der Waals surface area contributed by atoms with E-state index < -0.39 is 0 Å². The van der Waals surface area contributed by atoms with Crippen LogP contribution < -0.4 is 10.6 Å². The van der Waals surface area contributed by atoms with Gasteiger partial charge in [-0.2, -0.15) is 0 Å². The van der Waals surface area contributed by atoms with Crippen molar-refractivity contribution in [3.63, 3.8) is 0 Å². The van der Waals surface area contributed by atoms with Gasteiger partial charge in [0.05, 0.1) is 6.54 Å². The zero-order valence-corrected chi connectivity index (χ0v) is 13.9. The third-order valence-electron chi connectivity index (χ3n) is 4.70. The Morgan fingerprint density at radius 1 is 1.45 bits per heavy atom. The predicted molar refractivity (Wildman–Crippen MR) is 87.4 cm³/mol. The van der Waals surface area contributed by atoms with E-state index in [0.29, 0.717) is 18.1 Å². The van der Waals surface area contributed by atoms with Crippen LogP contribution in [0.3, 0.4) is 0 Å². The minimum absolute atomic E-state index is 0. The fraction of sp³-hybridized carbons (Fsp3) is 0.733. The van der Waals surface area contributed by atoms with Gasteiger partial charge in [-0.1, -0.05) is 24.4 Å². The number of aryl methyl sites for hydroxylation is 1. The quantitative estimate of drug-likeness (QED) is 0.887. The number of nitrogens with one attached hydrogen (secondary N) is 2. The van der Waals surface area contributed by atoms with Gasteiger partial charge in [-0.15, -0.1) is 12.4 Å². The molecule has 1 saturated heterocycles. The van der Waals surface area contributed by atoms with Crippen LogP contribution in [0.2, 0.25) is 0 Å². The Kier molecular flexibility index (Phi) is 5.83. The summed E-state index contributed by atoms with van der Waals surface area (Å²) in [5.74, 6) is 1.21. The van der Waals surface area contributed by atoms with E-state index in [1.807, 2.05) is 6.92 Å². The molecule has 2 aliphatic rings. The van der Waals surface area contributed by atoms with Gasteiger partial charge in [-0.05, 0) is 19.8 Å². The number of aromatic nitrogens is 1. The monoisotopic (exact) mass is 328 g/mol. The number of amides is 1. The second kappa shape index (κ2) is 7.44. The van der Waals surface area contributed by atoms with Gasteiger partial charge in [-0.25, -0.2) is 0 Å². The lowest BCUT2D eigenvalue weighted by molar-refractivity contribution is -0.120. The highest BCUT2D eigenvalue weighted by atomic mass is 35.5. The third kappa shape index (κ3) is 3.80. The van der Waals surface area contributed by atoms with Crippen LogP contribution in [0.1, 0.15) is 37.9 Å². The molecule has 1 aliphatic carbocycles. The molecule has 0 radical (unpaired) electrons. The lowest BCUT2D eigenvalue weighted by Crippen LogP contribution is -2.63. The van der Waals surface area contributed by atoms with E-state index in [1.165, 1.54) is 32.1 Å². The molecular formula is C15H25ClN4O2. The topological polar surface area (TPSA) is 70.4 Å². The van der Waals surface area contributed by atoms with Crippen LogP contribution in [0.5, 0.6) is 0 Å². The summed E-state index contributed by atoms with van der Waals surface area (Å²) in [7, 11) is 0. The van der Waals surface area contributed by atoms with Crippen molar-refractivity contribution in [2.45, 2.75) is 44.6 Å². The number of anilines is 1. The van der Waals surface area contributed by atoms with E-state index >= 15 is 0 Å². The molecular weight excluding hydrogens is 304 g/mol. The molecule has 1 spiro atoms. The molecule has 2 heterocycles. The normalized spacial score (nSPS) is 21.3. The van der Waals surface area contributed by atoms with Crippen LogP contribution in [0, 0.1) is 6.92 Å². The average molecular weight is 329 g/mol. The number of nitrogens with zero attached hydrogens (tertiary/aromatic N) is 2. The Morgan fingerprint density at radius 2 is 2.23 bits per heavy atom. The molecule has 2 N–H and O–H groups in total. The number of rotatable bonds is 3. The number of hydrogen-bond acceptors (Lipinski definition) is 5. The number of halogens is 1. The van der Waals surface area contributed by atoms with Crippen molar-refractivity contribution in [2.75, 3.05) is 31.5 Å². The molecule has 1 aliphatic heterocycles. The van der Waals surface area contributed by atoms with E-state index in [1.54, 1.807) is 6.07 Å². The van der Waals surface area contributed by atoms with E-state index in [2.05, 4.69) is 20.7 Å². The van der Waals surface area contributed by atoms with Crippen LogP contribution in [0.25, 0.3) is 0 Å². The van der Waals surface area contributed by atoms with Crippen molar-refractivity contribution in [1.29, 1.82) is 0 Å². The lowest BCUT2D eigenvalue weighted by Gasteiger charge is -2.49. The summed E-state index contributed by atoms with van der Waals surface area (Å²) < 4.78 is 4.98. The largest absolute Gasteiger partial charge is 0.360 e. The average Bonchev–Trinajstić information content (AvgIpc) is 2.88. The molecule has 0 aromatic carbocycles. The van der Waals surface area contributed by atoms with Gasteiger partial charge in [0.2, 0.25) is 5.91 Å². The number of carbonyl (C=O) groups is 1. The first-order valence-electron chi connectivity index (χ1n) is 7.87. The second-order valence-corrected chi connectivity index (χ2v) is 6.25. The number of carbonyl (C=O) groups excluding carboxylic acids is 1. The predicted octanol–water partition coefficient (Wildman–Crippen LogP) is 1.95. The molecule has 1 aromatic rings. The van der Waals surface area contributed by atoms with Crippen molar-refractivity contribution in [3.8, 4) is 0 Å². The van der Waals surface area contributed by atoms with Gasteiger partial charge in [0.1, 0.15) is 5.76 Å². The zero-order chi connectivity index (χ0) is 14.7. The summed E-state index contributed by atoms with van der Waals surface area (Å²) in [6.45, 7) is 5.15. The molecule has 22 heavy (non-hydrogen) atoms. The molecule has 0 atom stereocenters. The third-order valence-corrected chi connectivity index (χ3v) is 4.70. The standard InChI is InChI=1S/C15H24N4O2.ClH/c1-12-9-13(18-21-12)17-14(20)10-19-8-7-16-11-15(19)5-3-2-4-6-15;/h9,16H,2-8,10-11H2,1H3,(H,17,18,20);1H. The first-order chi connectivity index (χ1) is 10.2. The Labute approximate surface area is 137 Å². The maximum Gasteiger partial charge on any atom is 0.239 e. The van der Waals surface area contributed by atoms with Crippen molar-refractivity contribution >= 4 is 24.1 Å². The molecule has 6 nitrogen and oxygen atoms in total. The van der Waals surface area contributed by atoms with Gasteiger partial charge < -0.3 is 15.2 Å². The van der Waals surface area contributed by atoms with Crippen molar-refractivity contribution in [2.24, 2.45) is 0 Å². The SMILES string of the molecule is Cc1cc(NC(=O)CN2CCNCC23CCCCC3)no1.Cl. The van der Waals surface area contributed by atoms with Crippen LogP contribution >= 0.6 is 12.4 Å². The molecule has 1 aromatic heterocycles. The molecule has 3 rings (SSSR count). The van der Waals surface area contributed by atoms with E-state index in [4.69, 9.17) is 4.52 Å². The summed E-state index contributed by atoms with van der Waals surface area (Å²) in [6, 6.07) is 1.74. The zero-order valence-electron chi connectivity index (χ0n) is 13.1. The molecule has 2 fully saturated rings. The van der Waals surface area contributed by atoms with Crippen molar-refractivity contribution in [1.82, 2.24) is 15.4 Å². The fourth-order valence-corrected chi connectivity index (χ4v) is 3.61. The Bertz CT molecular complexity index is 491. The Balaban J connectivity index is 0.00000176. The molecule has 7 heteroatoms. The highest BCUT2D eigenvalue weighted by molar-refractivity contribution is 5.91. The number of piperazine rings is 1. The molecule has 0 bridgehead atoms. The maximum atomic E-state index is 12.3. The maximum absolute atomic E-state index is 12.3. The summed E-state index contributed by atoms with van der Waals surface area (Å²) in [5.41, 5.74) is 0.174. The molecule has 1 amide bonds. The highest BCUT2D eigenvalue weighted by Gasteiger charge is 2.40.